The summed E-state index contributed by atoms with van der Waals surface area (Å²) in [6.45, 7) is 5.55. The van der Waals surface area contributed by atoms with Gasteiger partial charge in [0.15, 0.2) is 0 Å². The lowest BCUT2D eigenvalue weighted by Crippen LogP contribution is -2.27. The van der Waals surface area contributed by atoms with Crippen molar-refractivity contribution in [2.24, 2.45) is 0 Å². The number of benzene rings is 1. The zero-order chi connectivity index (χ0) is 14.6. The summed E-state index contributed by atoms with van der Waals surface area (Å²) in [5.41, 5.74) is 1.29. The van der Waals surface area contributed by atoms with E-state index in [0.29, 0.717) is 6.04 Å². The molecular weight excluding hydrogens is 272 g/mol. The first-order chi connectivity index (χ1) is 9.42. The van der Waals surface area contributed by atoms with Gasteiger partial charge in [0.25, 0.3) is 0 Å². The zero-order valence-electron chi connectivity index (χ0n) is 12.2. The van der Waals surface area contributed by atoms with E-state index in [1.165, 1.54) is 12.2 Å². The van der Waals surface area contributed by atoms with Crippen LogP contribution in [0.1, 0.15) is 27.2 Å². The van der Waals surface area contributed by atoms with Gasteiger partial charge in [-0.25, -0.2) is 4.79 Å². The van der Waals surface area contributed by atoms with E-state index in [2.05, 4.69) is 10.6 Å². The molecule has 0 spiro atoms. The van der Waals surface area contributed by atoms with Gasteiger partial charge in [0, 0.05) is 23.2 Å². The molecule has 1 amide bonds. The van der Waals surface area contributed by atoms with Crippen molar-refractivity contribution >= 4 is 29.2 Å². The molecule has 1 aliphatic rings. The number of amides is 1. The molecule has 1 atom stereocenters. The Hall–Kier alpha value is -1.36. The number of carbonyl (C=O) groups excluding carboxylic acids is 1. The Bertz CT molecular complexity index is 465. The van der Waals surface area contributed by atoms with Gasteiger partial charge in [0.05, 0.1) is 0 Å². The van der Waals surface area contributed by atoms with Crippen LogP contribution in [0, 0.1) is 0 Å². The molecular formula is C15H22N2O2S. The van der Waals surface area contributed by atoms with E-state index >= 15 is 0 Å². The van der Waals surface area contributed by atoms with E-state index in [1.54, 1.807) is 0 Å². The fraction of sp³-hybridized carbons (Fsp3) is 0.533. The minimum atomic E-state index is -0.485. The molecule has 1 unspecified atom stereocenters. The standard InChI is InChI=1S/C15H22N2O2S/c1-15(2,3)19-14(18)17-12-6-4-5-11(9-12)16-13-7-8-20-10-13/h4-6,9,13,16H,7-8,10H2,1-3H3,(H,17,18). The normalized spacial score (nSPS) is 18.6. The van der Waals surface area contributed by atoms with Gasteiger partial charge in [0.2, 0.25) is 0 Å². The predicted octanol–water partition coefficient (Wildman–Crippen LogP) is 3.95. The fourth-order valence-electron chi connectivity index (χ4n) is 1.99. The summed E-state index contributed by atoms with van der Waals surface area (Å²) in [4.78, 5) is 11.7. The second-order valence-electron chi connectivity index (χ2n) is 5.91. The average Bonchev–Trinajstić information content (AvgIpc) is 2.79. The number of thioether (sulfide) groups is 1. The zero-order valence-corrected chi connectivity index (χ0v) is 13.0. The van der Waals surface area contributed by atoms with Crippen molar-refractivity contribution in [2.45, 2.75) is 38.8 Å². The number of nitrogens with one attached hydrogen (secondary N) is 2. The summed E-state index contributed by atoms with van der Waals surface area (Å²) < 4.78 is 5.24. The maximum atomic E-state index is 11.7. The molecule has 0 radical (unpaired) electrons. The highest BCUT2D eigenvalue weighted by Crippen LogP contribution is 2.23. The molecule has 1 saturated heterocycles. The molecule has 2 rings (SSSR count). The van der Waals surface area contributed by atoms with Crippen molar-refractivity contribution in [3.63, 3.8) is 0 Å². The Morgan fingerprint density at radius 3 is 2.75 bits per heavy atom. The van der Waals surface area contributed by atoms with Crippen molar-refractivity contribution in [2.75, 3.05) is 22.1 Å². The fourth-order valence-corrected chi connectivity index (χ4v) is 3.14. The van der Waals surface area contributed by atoms with Gasteiger partial charge < -0.3 is 10.1 Å². The van der Waals surface area contributed by atoms with Crippen LogP contribution in [0.2, 0.25) is 0 Å². The molecule has 4 nitrogen and oxygen atoms in total. The van der Waals surface area contributed by atoms with Gasteiger partial charge >= 0.3 is 6.09 Å². The first-order valence-electron chi connectivity index (χ1n) is 6.87. The van der Waals surface area contributed by atoms with Crippen LogP contribution in [-0.2, 0) is 4.74 Å². The van der Waals surface area contributed by atoms with Gasteiger partial charge in [-0.05, 0) is 51.1 Å². The van der Waals surface area contributed by atoms with E-state index in [-0.39, 0.29) is 0 Å². The summed E-state index contributed by atoms with van der Waals surface area (Å²) in [7, 11) is 0. The van der Waals surface area contributed by atoms with Crippen molar-refractivity contribution in [3.8, 4) is 0 Å². The largest absolute Gasteiger partial charge is 0.444 e. The van der Waals surface area contributed by atoms with Gasteiger partial charge in [-0.1, -0.05) is 6.07 Å². The summed E-state index contributed by atoms with van der Waals surface area (Å²) in [6.07, 6.45) is 0.764. The van der Waals surface area contributed by atoms with E-state index in [1.807, 2.05) is 56.8 Å². The summed E-state index contributed by atoms with van der Waals surface area (Å²) in [6, 6.07) is 8.27. The predicted molar refractivity (Wildman–Crippen MR) is 85.7 cm³/mol. The number of anilines is 2. The third kappa shape index (κ3) is 4.96. The minimum Gasteiger partial charge on any atom is -0.444 e. The lowest BCUT2D eigenvalue weighted by molar-refractivity contribution is 0.0636. The molecule has 1 aromatic rings. The molecule has 1 heterocycles. The van der Waals surface area contributed by atoms with Crippen molar-refractivity contribution in [3.05, 3.63) is 24.3 Å². The van der Waals surface area contributed by atoms with E-state index < -0.39 is 11.7 Å². The number of hydrogen-bond donors (Lipinski definition) is 2. The number of ether oxygens (including phenoxy) is 1. The Morgan fingerprint density at radius 1 is 1.35 bits per heavy atom. The van der Waals surface area contributed by atoms with Gasteiger partial charge in [0.1, 0.15) is 5.60 Å². The maximum absolute atomic E-state index is 11.7. The highest BCUT2D eigenvalue weighted by molar-refractivity contribution is 7.99. The van der Waals surface area contributed by atoms with Crippen LogP contribution in [0.5, 0.6) is 0 Å². The molecule has 2 N–H and O–H groups in total. The van der Waals surface area contributed by atoms with Crippen LogP contribution >= 0.6 is 11.8 Å². The SMILES string of the molecule is CC(C)(C)OC(=O)Nc1cccc(NC2CCSC2)c1. The first-order valence-corrected chi connectivity index (χ1v) is 8.02. The quantitative estimate of drug-likeness (QED) is 0.886. The smallest absolute Gasteiger partial charge is 0.412 e. The van der Waals surface area contributed by atoms with Gasteiger partial charge in [-0.15, -0.1) is 0 Å². The molecule has 0 aliphatic carbocycles. The highest BCUT2D eigenvalue weighted by Gasteiger charge is 2.17. The van der Waals surface area contributed by atoms with Crippen LogP contribution in [0.4, 0.5) is 16.2 Å². The third-order valence-corrected chi connectivity index (χ3v) is 3.97. The van der Waals surface area contributed by atoms with Crippen LogP contribution in [-0.4, -0.2) is 29.2 Å². The van der Waals surface area contributed by atoms with E-state index in [0.717, 1.165) is 17.1 Å². The van der Waals surface area contributed by atoms with Crippen LogP contribution in [0.25, 0.3) is 0 Å². The topological polar surface area (TPSA) is 50.4 Å². The molecule has 1 aliphatic heterocycles. The molecule has 1 fully saturated rings. The third-order valence-electron chi connectivity index (χ3n) is 2.81. The highest BCUT2D eigenvalue weighted by atomic mass is 32.2. The second kappa shape index (κ2) is 6.39. The Kier molecular flexibility index (Phi) is 4.81. The van der Waals surface area contributed by atoms with Crippen molar-refractivity contribution in [1.82, 2.24) is 0 Å². The molecule has 5 heteroatoms. The number of rotatable bonds is 3. The average molecular weight is 294 g/mol. The monoisotopic (exact) mass is 294 g/mol. The summed E-state index contributed by atoms with van der Waals surface area (Å²) in [5, 5.41) is 6.25. The number of hydrogen-bond acceptors (Lipinski definition) is 4. The van der Waals surface area contributed by atoms with Crippen molar-refractivity contribution < 1.29 is 9.53 Å². The minimum absolute atomic E-state index is 0.425. The second-order valence-corrected chi connectivity index (χ2v) is 7.06. The van der Waals surface area contributed by atoms with Crippen molar-refractivity contribution in [1.29, 1.82) is 0 Å². The summed E-state index contributed by atoms with van der Waals surface area (Å²) >= 11 is 1.97. The lowest BCUT2D eigenvalue weighted by atomic mass is 10.2. The van der Waals surface area contributed by atoms with Gasteiger partial charge in [-0.3, -0.25) is 5.32 Å². The Labute approximate surface area is 124 Å². The Balaban J connectivity index is 1.93. The lowest BCUT2D eigenvalue weighted by Gasteiger charge is -2.20. The van der Waals surface area contributed by atoms with E-state index in [9.17, 15) is 4.79 Å². The van der Waals surface area contributed by atoms with E-state index in [4.69, 9.17) is 4.74 Å². The molecule has 0 aromatic heterocycles. The molecule has 0 bridgehead atoms. The van der Waals surface area contributed by atoms with Crippen LogP contribution < -0.4 is 10.6 Å². The summed E-state index contributed by atoms with van der Waals surface area (Å²) in [5.74, 6) is 2.36. The molecule has 1 aromatic carbocycles. The maximum Gasteiger partial charge on any atom is 0.412 e. The molecule has 0 saturated carbocycles. The molecule has 20 heavy (non-hydrogen) atoms. The Morgan fingerprint density at radius 2 is 2.10 bits per heavy atom. The van der Waals surface area contributed by atoms with Gasteiger partial charge in [-0.2, -0.15) is 11.8 Å². The number of carbonyl (C=O) groups is 1. The first kappa shape index (κ1) is 15.0. The van der Waals surface area contributed by atoms with Crippen LogP contribution in [0.15, 0.2) is 24.3 Å². The van der Waals surface area contributed by atoms with Crippen LogP contribution in [0.3, 0.4) is 0 Å². The molecule has 110 valence electrons.